The predicted molar refractivity (Wildman–Crippen MR) is 68.5 cm³/mol. The van der Waals surface area contributed by atoms with Crippen molar-refractivity contribution < 1.29 is 4.79 Å². The van der Waals surface area contributed by atoms with Crippen LogP contribution < -0.4 is 0 Å². The second-order valence-electron chi connectivity index (χ2n) is 3.40. The Kier molecular flexibility index (Phi) is 5.32. The predicted octanol–water partition coefficient (Wildman–Crippen LogP) is 3.77. The standard InChI is InChI=1S/C11H16BrNOS/c1-3-7-13(8-4-2)11(14)9-5-6-10(12)15-9/h5-6H,3-4,7-8H2,1-2H3. The Balaban J connectivity index is 2.71. The second kappa shape index (κ2) is 6.28. The summed E-state index contributed by atoms with van der Waals surface area (Å²) in [6, 6.07) is 3.81. The van der Waals surface area contributed by atoms with Gasteiger partial charge in [0.2, 0.25) is 0 Å². The van der Waals surface area contributed by atoms with Crippen molar-refractivity contribution in [2.75, 3.05) is 13.1 Å². The van der Waals surface area contributed by atoms with Gasteiger partial charge in [-0.15, -0.1) is 11.3 Å². The third-order valence-electron chi connectivity index (χ3n) is 2.06. The van der Waals surface area contributed by atoms with Crippen LogP contribution in [0.5, 0.6) is 0 Å². The number of amides is 1. The van der Waals surface area contributed by atoms with Crippen LogP contribution in [0.25, 0.3) is 0 Å². The van der Waals surface area contributed by atoms with Crippen molar-refractivity contribution in [2.45, 2.75) is 26.7 Å². The Bertz CT molecular complexity index is 318. The zero-order valence-corrected chi connectivity index (χ0v) is 11.5. The van der Waals surface area contributed by atoms with Gasteiger partial charge in [-0.05, 0) is 40.9 Å². The van der Waals surface area contributed by atoms with E-state index in [0.717, 1.165) is 34.6 Å². The second-order valence-corrected chi connectivity index (χ2v) is 5.86. The van der Waals surface area contributed by atoms with Crippen LogP contribution in [0.15, 0.2) is 15.9 Å². The number of halogens is 1. The summed E-state index contributed by atoms with van der Waals surface area (Å²) in [5.41, 5.74) is 0. The molecular formula is C11H16BrNOS. The molecule has 0 unspecified atom stereocenters. The molecule has 0 atom stereocenters. The van der Waals surface area contributed by atoms with E-state index in [1.165, 1.54) is 11.3 Å². The average molecular weight is 290 g/mol. The van der Waals surface area contributed by atoms with Gasteiger partial charge in [0.15, 0.2) is 0 Å². The fourth-order valence-corrected chi connectivity index (χ4v) is 2.79. The number of thiophene rings is 1. The Morgan fingerprint density at radius 3 is 2.33 bits per heavy atom. The maximum Gasteiger partial charge on any atom is 0.263 e. The molecule has 0 saturated heterocycles. The third kappa shape index (κ3) is 3.61. The highest BCUT2D eigenvalue weighted by Gasteiger charge is 2.15. The quantitative estimate of drug-likeness (QED) is 0.808. The van der Waals surface area contributed by atoms with Gasteiger partial charge >= 0.3 is 0 Å². The number of carbonyl (C=O) groups excluding carboxylic acids is 1. The van der Waals surface area contributed by atoms with E-state index in [-0.39, 0.29) is 5.91 Å². The van der Waals surface area contributed by atoms with E-state index >= 15 is 0 Å². The lowest BCUT2D eigenvalue weighted by Gasteiger charge is -2.20. The smallest absolute Gasteiger partial charge is 0.263 e. The van der Waals surface area contributed by atoms with Gasteiger partial charge < -0.3 is 4.90 Å². The summed E-state index contributed by atoms with van der Waals surface area (Å²) in [4.78, 5) is 14.8. The van der Waals surface area contributed by atoms with Crippen LogP contribution in [0.4, 0.5) is 0 Å². The van der Waals surface area contributed by atoms with Crippen LogP contribution in [0.2, 0.25) is 0 Å². The molecule has 84 valence electrons. The summed E-state index contributed by atoms with van der Waals surface area (Å²) in [6.45, 7) is 5.89. The molecule has 0 aliphatic heterocycles. The van der Waals surface area contributed by atoms with E-state index in [9.17, 15) is 4.79 Å². The lowest BCUT2D eigenvalue weighted by Crippen LogP contribution is -2.31. The molecule has 0 N–H and O–H groups in total. The maximum atomic E-state index is 12.1. The van der Waals surface area contributed by atoms with Gasteiger partial charge in [-0.1, -0.05) is 13.8 Å². The van der Waals surface area contributed by atoms with Crippen molar-refractivity contribution in [3.05, 3.63) is 20.8 Å². The van der Waals surface area contributed by atoms with Gasteiger partial charge in [-0.3, -0.25) is 4.79 Å². The molecule has 1 amide bonds. The highest BCUT2D eigenvalue weighted by molar-refractivity contribution is 9.11. The lowest BCUT2D eigenvalue weighted by atomic mass is 10.3. The van der Waals surface area contributed by atoms with E-state index in [1.54, 1.807) is 0 Å². The SMILES string of the molecule is CCCN(CCC)C(=O)c1ccc(Br)s1. The van der Waals surface area contributed by atoms with Crippen LogP contribution in [0.3, 0.4) is 0 Å². The summed E-state index contributed by atoms with van der Waals surface area (Å²) < 4.78 is 1.01. The lowest BCUT2D eigenvalue weighted by molar-refractivity contribution is 0.0760. The molecule has 0 saturated carbocycles. The van der Waals surface area contributed by atoms with Crippen molar-refractivity contribution in [1.82, 2.24) is 4.90 Å². The van der Waals surface area contributed by atoms with Crippen molar-refractivity contribution >= 4 is 33.2 Å². The topological polar surface area (TPSA) is 20.3 Å². The summed E-state index contributed by atoms with van der Waals surface area (Å²) in [5, 5.41) is 0. The Hall–Kier alpha value is -0.350. The molecule has 0 fully saturated rings. The first-order valence-corrected chi connectivity index (χ1v) is 6.84. The third-order valence-corrected chi connectivity index (χ3v) is 3.67. The van der Waals surface area contributed by atoms with Crippen LogP contribution in [0, 0.1) is 0 Å². The van der Waals surface area contributed by atoms with Gasteiger partial charge in [0, 0.05) is 13.1 Å². The highest BCUT2D eigenvalue weighted by Crippen LogP contribution is 2.23. The minimum absolute atomic E-state index is 0.161. The first kappa shape index (κ1) is 12.7. The van der Waals surface area contributed by atoms with Gasteiger partial charge in [0.05, 0.1) is 8.66 Å². The molecule has 15 heavy (non-hydrogen) atoms. The molecule has 0 radical (unpaired) electrons. The van der Waals surface area contributed by atoms with Crippen molar-refractivity contribution in [1.29, 1.82) is 0 Å². The number of nitrogens with zero attached hydrogens (tertiary/aromatic N) is 1. The Morgan fingerprint density at radius 1 is 1.33 bits per heavy atom. The average Bonchev–Trinajstić information content (AvgIpc) is 2.63. The van der Waals surface area contributed by atoms with Crippen LogP contribution in [-0.2, 0) is 0 Å². The van der Waals surface area contributed by atoms with Crippen molar-refractivity contribution in [3.63, 3.8) is 0 Å². The minimum Gasteiger partial charge on any atom is -0.338 e. The molecule has 2 nitrogen and oxygen atoms in total. The molecule has 0 aliphatic carbocycles. The molecule has 1 aromatic heterocycles. The molecule has 1 aromatic rings. The van der Waals surface area contributed by atoms with Crippen molar-refractivity contribution in [2.24, 2.45) is 0 Å². The van der Waals surface area contributed by atoms with Gasteiger partial charge in [-0.25, -0.2) is 0 Å². The zero-order valence-electron chi connectivity index (χ0n) is 9.12. The Morgan fingerprint density at radius 2 is 1.93 bits per heavy atom. The summed E-state index contributed by atoms with van der Waals surface area (Å²) in [7, 11) is 0. The first-order valence-electron chi connectivity index (χ1n) is 5.23. The van der Waals surface area contributed by atoms with Gasteiger partial charge in [-0.2, -0.15) is 0 Å². The van der Waals surface area contributed by atoms with Crippen LogP contribution in [0.1, 0.15) is 36.4 Å². The molecule has 1 heterocycles. The molecular weight excluding hydrogens is 274 g/mol. The van der Waals surface area contributed by atoms with Crippen molar-refractivity contribution in [3.8, 4) is 0 Å². The fourth-order valence-electron chi connectivity index (χ4n) is 1.44. The fraction of sp³-hybridized carbons (Fsp3) is 0.545. The number of rotatable bonds is 5. The van der Waals surface area contributed by atoms with E-state index in [1.807, 2.05) is 17.0 Å². The molecule has 0 aliphatic rings. The van der Waals surface area contributed by atoms with Crippen LogP contribution in [-0.4, -0.2) is 23.9 Å². The molecule has 1 rings (SSSR count). The minimum atomic E-state index is 0.161. The van der Waals surface area contributed by atoms with Gasteiger partial charge in [0.1, 0.15) is 0 Å². The summed E-state index contributed by atoms with van der Waals surface area (Å²) in [6.07, 6.45) is 2.02. The normalized spacial score (nSPS) is 10.3. The first-order chi connectivity index (χ1) is 7.19. The zero-order chi connectivity index (χ0) is 11.3. The molecule has 0 spiro atoms. The van der Waals surface area contributed by atoms with E-state index in [2.05, 4.69) is 29.8 Å². The number of hydrogen-bond donors (Lipinski definition) is 0. The van der Waals surface area contributed by atoms with E-state index in [4.69, 9.17) is 0 Å². The molecule has 4 heteroatoms. The molecule has 0 bridgehead atoms. The van der Waals surface area contributed by atoms with Crippen LogP contribution >= 0.6 is 27.3 Å². The Labute approximate surface area is 103 Å². The molecule has 0 aromatic carbocycles. The van der Waals surface area contributed by atoms with E-state index in [0.29, 0.717) is 0 Å². The number of carbonyl (C=O) groups is 1. The summed E-state index contributed by atoms with van der Waals surface area (Å²) >= 11 is 4.88. The maximum absolute atomic E-state index is 12.1. The summed E-state index contributed by atoms with van der Waals surface area (Å²) in [5.74, 6) is 0.161. The largest absolute Gasteiger partial charge is 0.338 e. The van der Waals surface area contributed by atoms with Gasteiger partial charge in [0.25, 0.3) is 5.91 Å². The highest BCUT2D eigenvalue weighted by atomic mass is 79.9. The number of hydrogen-bond acceptors (Lipinski definition) is 2. The van der Waals surface area contributed by atoms with E-state index < -0.39 is 0 Å². The monoisotopic (exact) mass is 289 g/mol.